The smallest absolute Gasteiger partial charge is 0.410 e. The Morgan fingerprint density at radius 3 is 2.06 bits per heavy atom. The molecular formula is C26H33NO4. The van der Waals surface area contributed by atoms with Crippen molar-refractivity contribution in [3.63, 3.8) is 0 Å². The van der Waals surface area contributed by atoms with Crippen LogP contribution < -0.4 is 0 Å². The summed E-state index contributed by atoms with van der Waals surface area (Å²) in [5.74, 6) is -1.02. The molecule has 1 aliphatic rings. The molecule has 0 saturated carbocycles. The van der Waals surface area contributed by atoms with Crippen molar-refractivity contribution in [3.8, 4) is 11.1 Å². The molecule has 5 nitrogen and oxygen atoms in total. The van der Waals surface area contributed by atoms with Gasteiger partial charge in [-0.3, -0.25) is 4.90 Å². The number of ether oxygens (including phenoxy) is 1. The van der Waals surface area contributed by atoms with E-state index in [-0.39, 0.29) is 12.5 Å². The van der Waals surface area contributed by atoms with Gasteiger partial charge in [-0.25, -0.2) is 9.59 Å². The summed E-state index contributed by atoms with van der Waals surface area (Å²) in [6.45, 7) is 2.37. The monoisotopic (exact) mass is 423 g/mol. The summed E-state index contributed by atoms with van der Waals surface area (Å²) in [7, 11) is 1.52. The van der Waals surface area contributed by atoms with E-state index < -0.39 is 18.1 Å². The van der Waals surface area contributed by atoms with Crippen LogP contribution in [0.4, 0.5) is 4.79 Å². The Balaban J connectivity index is 1.58. The summed E-state index contributed by atoms with van der Waals surface area (Å²) in [4.78, 5) is 25.7. The summed E-state index contributed by atoms with van der Waals surface area (Å²) in [5.41, 5.74) is 4.61. The van der Waals surface area contributed by atoms with Gasteiger partial charge in [-0.1, -0.05) is 94.0 Å². The van der Waals surface area contributed by atoms with Crippen molar-refractivity contribution in [1.82, 2.24) is 4.90 Å². The van der Waals surface area contributed by atoms with E-state index in [0.29, 0.717) is 6.42 Å². The second-order valence-electron chi connectivity index (χ2n) is 8.33. The third-order valence-corrected chi connectivity index (χ3v) is 6.21. The van der Waals surface area contributed by atoms with Crippen LogP contribution in [0.15, 0.2) is 48.5 Å². The Bertz CT molecular complexity index is 849. The molecule has 166 valence electrons. The Morgan fingerprint density at radius 2 is 1.48 bits per heavy atom. The van der Waals surface area contributed by atoms with Crippen LogP contribution in [0.5, 0.6) is 0 Å². The van der Waals surface area contributed by atoms with Gasteiger partial charge in [-0.05, 0) is 28.7 Å². The zero-order valence-electron chi connectivity index (χ0n) is 18.5. The van der Waals surface area contributed by atoms with E-state index in [1.165, 1.54) is 42.3 Å². The lowest BCUT2D eigenvalue weighted by atomic mass is 9.98. The lowest BCUT2D eigenvalue weighted by Crippen LogP contribution is -2.43. The van der Waals surface area contributed by atoms with Crippen molar-refractivity contribution in [1.29, 1.82) is 0 Å². The van der Waals surface area contributed by atoms with Crippen molar-refractivity contribution < 1.29 is 19.4 Å². The van der Waals surface area contributed by atoms with Crippen molar-refractivity contribution >= 4 is 12.1 Å². The average Bonchev–Trinajstić information content (AvgIpc) is 3.10. The molecule has 0 radical (unpaired) electrons. The zero-order chi connectivity index (χ0) is 22.2. The molecule has 0 fully saturated rings. The Kier molecular flexibility index (Phi) is 8.10. The van der Waals surface area contributed by atoms with Crippen LogP contribution in [-0.4, -0.2) is 41.8 Å². The molecule has 0 aliphatic heterocycles. The van der Waals surface area contributed by atoms with Gasteiger partial charge in [0, 0.05) is 13.0 Å². The molecule has 0 spiro atoms. The number of aliphatic carboxylic acids is 1. The number of benzene rings is 2. The number of hydrogen-bond donors (Lipinski definition) is 1. The number of rotatable bonds is 11. The third kappa shape index (κ3) is 5.46. The summed E-state index contributed by atoms with van der Waals surface area (Å²) >= 11 is 0. The van der Waals surface area contributed by atoms with Crippen molar-refractivity contribution in [2.75, 3.05) is 13.7 Å². The first-order valence-electron chi connectivity index (χ1n) is 11.3. The molecule has 5 heteroatoms. The molecule has 2 aromatic carbocycles. The minimum Gasteiger partial charge on any atom is -0.480 e. The van der Waals surface area contributed by atoms with Crippen LogP contribution in [0, 0.1) is 0 Å². The summed E-state index contributed by atoms with van der Waals surface area (Å²) in [6, 6.07) is 15.5. The molecule has 0 unspecified atom stereocenters. The highest BCUT2D eigenvalue weighted by Gasteiger charge is 2.31. The highest BCUT2D eigenvalue weighted by atomic mass is 16.6. The van der Waals surface area contributed by atoms with Crippen LogP contribution in [-0.2, 0) is 9.53 Å². The first-order chi connectivity index (χ1) is 15.0. The number of fused-ring (bicyclic) bond motifs is 3. The number of carbonyl (C=O) groups excluding carboxylic acids is 1. The predicted octanol–water partition coefficient (Wildman–Crippen LogP) is 6.07. The van der Waals surface area contributed by atoms with E-state index in [9.17, 15) is 14.7 Å². The molecule has 1 amide bonds. The second-order valence-corrected chi connectivity index (χ2v) is 8.33. The highest BCUT2D eigenvalue weighted by molar-refractivity contribution is 5.81. The van der Waals surface area contributed by atoms with Crippen molar-refractivity contribution in [2.24, 2.45) is 0 Å². The van der Waals surface area contributed by atoms with Crippen LogP contribution in [0.1, 0.15) is 68.9 Å². The van der Waals surface area contributed by atoms with E-state index in [4.69, 9.17) is 4.74 Å². The van der Waals surface area contributed by atoms with Crippen LogP contribution in [0.2, 0.25) is 0 Å². The van der Waals surface area contributed by atoms with Gasteiger partial charge >= 0.3 is 12.1 Å². The van der Waals surface area contributed by atoms with Crippen LogP contribution in [0.25, 0.3) is 11.1 Å². The Hall–Kier alpha value is -2.82. The highest BCUT2D eigenvalue weighted by Crippen LogP contribution is 2.44. The van der Waals surface area contributed by atoms with E-state index in [0.717, 1.165) is 30.4 Å². The molecule has 2 aromatic rings. The Morgan fingerprint density at radius 1 is 0.935 bits per heavy atom. The normalized spacial score (nSPS) is 13.4. The molecule has 31 heavy (non-hydrogen) atoms. The number of likely N-dealkylation sites (N-methyl/N-ethyl adjacent to an activating group) is 1. The third-order valence-electron chi connectivity index (χ3n) is 6.21. The van der Waals surface area contributed by atoms with Crippen LogP contribution >= 0.6 is 0 Å². The van der Waals surface area contributed by atoms with E-state index in [1.807, 2.05) is 24.3 Å². The molecule has 1 atom stereocenters. The SMILES string of the molecule is CCCCCCCC[C@@H](C(=O)O)N(C)C(=O)OCC1c2ccccc2-c2ccccc21. The molecule has 0 bridgehead atoms. The van der Waals surface area contributed by atoms with Gasteiger partial charge in [0.1, 0.15) is 12.6 Å². The molecule has 1 aliphatic carbocycles. The average molecular weight is 424 g/mol. The maximum atomic E-state index is 12.7. The topological polar surface area (TPSA) is 66.8 Å². The van der Waals surface area contributed by atoms with E-state index >= 15 is 0 Å². The molecule has 0 aromatic heterocycles. The standard InChI is InChI=1S/C26H33NO4/c1-3-4-5-6-7-8-17-24(25(28)29)27(2)26(30)31-18-23-21-15-11-9-13-19(21)20-14-10-12-16-22(20)23/h9-16,23-24H,3-8,17-18H2,1-2H3,(H,28,29)/t24-/m0/s1. The summed E-state index contributed by atoms with van der Waals surface area (Å²) in [5, 5.41) is 9.62. The number of carbonyl (C=O) groups is 2. The lowest BCUT2D eigenvalue weighted by molar-refractivity contribution is -0.142. The van der Waals surface area contributed by atoms with Gasteiger partial charge in [-0.2, -0.15) is 0 Å². The molecule has 1 N–H and O–H groups in total. The summed E-state index contributed by atoms with van der Waals surface area (Å²) < 4.78 is 5.62. The largest absolute Gasteiger partial charge is 0.480 e. The van der Waals surface area contributed by atoms with Gasteiger partial charge in [0.25, 0.3) is 0 Å². The molecule has 0 heterocycles. The number of unbranched alkanes of at least 4 members (excludes halogenated alkanes) is 5. The molecular weight excluding hydrogens is 390 g/mol. The number of carboxylic acid groups (broad SMARTS) is 1. The van der Waals surface area contributed by atoms with Crippen molar-refractivity contribution in [3.05, 3.63) is 59.7 Å². The minimum atomic E-state index is -0.982. The van der Waals surface area contributed by atoms with Crippen LogP contribution in [0.3, 0.4) is 0 Å². The van der Waals surface area contributed by atoms with Crippen molar-refractivity contribution in [2.45, 2.75) is 63.8 Å². The molecule has 0 saturated heterocycles. The zero-order valence-corrected chi connectivity index (χ0v) is 18.5. The predicted molar refractivity (Wildman–Crippen MR) is 122 cm³/mol. The number of carboxylic acids is 1. The summed E-state index contributed by atoms with van der Waals surface area (Å²) in [6.07, 6.45) is 6.32. The first kappa shape index (κ1) is 22.9. The van der Waals surface area contributed by atoms with Gasteiger partial charge in [0.2, 0.25) is 0 Å². The van der Waals surface area contributed by atoms with Gasteiger partial charge in [0.05, 0.1) is 0 Å². The minimum absolute atomic E-state index is 0.0356. The van der Waals surface area contributed by atoms with Gasteiger partial charge < -0.3 is 9.84 Å². The van der Waals surface area contributed by atoms with Gasteiger partial charge in [-0.15, -0.1) is 0 Å². The first-order valence-corrected chi connectivity index (χ1v) is 11.3. The lowest BCUT2D eigenvalue weighted by Gasteiger charge is -2.25. The van der Waals surface area contributed by atoms with E-state index in [1.54, 1.807) is 0 Å². The number of nitrogens with zero attached hydrogens (tertiary/aromatic N) is 1. The maximum Gasteiger partial charge on any atom is 0.410 e. The fourth-order valence-electron chi connectivity index (χ4n) is 4.42. The number of hydrogen-bond acceptors (Lipinski definition) is 3. The molecule has 3 rings (SSSR count). The van der Waals surface area contributed by atoms with Gasteiger partial charge in [0.15, 0.2) is 0 Å². The second kappa shape index (κ2) is 11.0. The maximum absolute atomic E-state index is 12.7. The fourth-order valence-corrected chi connectivity index (χ4v) is 4.42. The quantitative estimate of drug-likeness (QED) is 0.445. The van der Waals surface area contributed by atoms with E-state index in [2.05, 4.69) is 31.2 Å². The fraction of sp³-hybridized carbons (Fsp3) is 0.462. The Labute approximate surface area is 185 Å². The number of amides is 1.